The first-order valence-corrected chi connectivity index (χ1v) is 12.7. The Kier molecular flexibility index (Phi) is 18.7. The minimum atomic E-state index is -1.28. The second-order valence-corrected chi connectivity index (χ2v) is 9.82. The average molecular weight is 448 g/mol. The standard InChI is InChI=1S/C19H42N.C9H8O3/c1-5-6-7-8-9-10-11-12-13-14-15-16-17-18-19-20(2,3)4;10-8-4-2-1-3-7(8)5-6-9(11)12/h5-19H2,1-4H3;1-6,10H,(H,11,12)/q+1;/p-1. The molecule has 0 heterocycles. The van der Waals surface area contributed by atoms with Crippen molar-refractivity contribution >= 4 is 12.0 Å². The first-order valence-electron chi connectivity index (χ1n) is 12.7. The van der Waals surface area contributed by atoms with Gasteiger partial charge in [0.05, 0.1) is 33.7 Å². The molecule has 0 saturated heterocycles. The Labute approximate surface area is 197 Å². The van der Waals surface area contributed by atoms with Gasteiger partial charge < -0.3 is 19.5 Å². The van der Waals surface area contributed by atoms with Crippen LogP contribution in [0.5, 0.6) is 5.75 Å². The fourth-order valence-electron chi connectivity index (χ4n) is 3.57. The van der Waals surface area contributed by atoms with Crippen molar-refractivity contribution in [3.8, 4) is 5.75 Å². The largest absolute Gasteiger partial charge is 0.545 e. The number of aliphatic carboxylic acids is 1. The molecule has 184 valence electrons. The maximum absolute atomic E-state index is 10.0. The summed E-state index contributed by atoms with van der Waals surface area (Å²) in [6, 6.07) is 6.45. The van der Waals surface area contributed by atoms with E-state index in [0.29, 0.717) is 5.56 Å². The fourth-order valence-corrected chi connectivity index (χ4v) is 3.57. The summed E-state index contributed by atoms with van der Waals surface area (Å²) in [5, 5.41) is 19.2. The second-order valence-electron chi connectivity index (χ2n) is 9.82. The number of para-hydroxylation sites is 1. The number of carbonyl (C=O) groups excluding carboxylic acids is 1. The van der Waals surface area contributed by atoms with Gasteiger partial charge >= 0.3 is 0 Å². The van der Waals surface area contributed by atoms with Crippen LogP contribution in [0.15, 0.2) is 30.3 Å². The van der Waals surface area contributed by atoms with Gasteiger partial charge in [0.1, 0.15) is 5.75 Å². The van der Waals surface area contributed by atoms with E-state index in [1.807, 2.05) is 0 Å². The minimum Gasteiger partial charge on any atom is -0.545 e. The highest BCUT2D eigenvalue weighted by molar-refractivity contribution is 5.84. The van der Waals surface area contributed by atoms with E-state index in [4.69, 9.17) is 5.11 Å². The zero-order valence-corrected chi connectivity index (χ0v) is 21.3. The minimum absolute atomic E-state index is 0.0509. The lowest BCUT2D eigenvalue weighted by molar-refractivity contribution is -0.870. The molecule has 0 bridgehead atoms. The molecule has 0 saturated carbocycles. The summed E-state index contributed by atoms with van der Waals surface area (Å²) < 4.78 is 1.12. The number of quaternary nitrogens is 1. The number of aromatic hydroxyl groups is 1. The van der Waals surface area contributed by atoms with E-state index in [0.717, 1.165) is 10.6 Å². The first kappa shape index (κ1) is 30.2. The molecule has 0 amide bonds. The predicted molar refractivity (Wildman–Crippen MR) is 135 cm³/mol. The van der Waals surface area contributed by atoms with Crippen LogP contribution >= 0.6 is 0 Å². The van der Waals surface area contributed by atoms with Crippen molar-refractivity contribution in [3.05, 3.63) is 35.9 Å². The molecule has 1 rings (SSSR count). The van der Waals surface area contributed by atoms with E-state index < -0.39 is 5.97 Å². The third-order valence-electron chi connectivity index (χ3n) is 5.52. The van der Waals surface area contributed by atoms with Gasteiger partial charge in [-0.1, -0.05) is 102 Å². The number of carboxylic acids is 1. The lowest BCUT2D eigenvalue weighted by Gasteiger charge is -2.23. The average Bonchev–Trinajstić information content (AvgIpc) is 2.73. The number of rotatable bonds is 17. The molecular formula is C28H49NO3. The maximum atomic E-state index is 10.0. The highest BCUT2D eigenvalue weighted by Crippen LogP contribution is 2.16. The van der Waals surface area contributed by atoms with E-state index >= 15 is 0 Å². The number of phenolic OH excluding ortho intramolecular Hbond substituents is 1. The Morgan fingerprint density at radius 2 is 1.25 bits per heavy atom. The van der Waals surface area contributed by atoms with Crippen molar-refractivity contribution in [2.45, 2.75) is 96.8 Å². The number of unbranched alkanes of at least 4 members (excludes halogenated alkanes) is 13. The van der Waals surface area contributed by atoms with Gasteiger partial charge in [0, 0.05) is 5.56 Å². The van der Waals surface area contributed by atoms with Crippen molar-refractivity contribution in [1.29, 1.82) is 0 Å². The molecular weight excluding hydrogens is 398 g/mol. The molecule has 1 aromatic rings. The Morgan fingerprint density at radius 1 is 0.812 bits per heavy atom. The van der Waals surface area contributed by atoms with Crippen molar-refractivity contribution < 1.29 is 19.5 Å². The van der Waals surface area contributed by atoms with E-state index in [2.05, 4.69) is 28.1 Å². The molecule has 4 heteroatoms. The van der Waals surface area contributed by atoms with Crippen LogP contribution < -0.4 is 5.11 Å². The van der Waals surface area contributed by atoms with E-state index in [9.17, 15) is 9.90 Å². The third-order valence-corrected chi connectivity index (χ3v) is 5.52. The number of hydrogen-bond acceptors (Lipinski definition) is 3. The number of hydrogen-bond donors (Lipinski definition) is 1. The van der Waals surface area contributed by atoms with Gasteiger partial charge in [-0.25, -0.2) is 0 Å². The van der Waals surface area contributed by atoms with Crippen LogP contribution in [0.25, 0.3) is 6.08 Å². The normalized spacial score (nSPS) is 11.4. The molecule has 0 unspecified atom stereocenters. The van der Waals surface area contributed by atoms with Crippen molar-refractivity contribution in [2.75, 3.05) is 27.7 Å². The van der Waals surface area contributed by atoms with Gasteiger partial charge in [-0.05, 0) is 31.1 Å². The summed E-state index contributed by atoms with van der Waals surface area (Å²) >= 11 is 0. The molecule has 4 nitrogen and oxygen atoms in total. The van der Waals surface area contributed by atoms with E-state index in [-0.39, 0.29) is 5.75 Å². The summed E-state index contributed by atoms with van der Waals surface area (Å²) in [5.74, 6) is -1.23. The fraction of sp³-hybridized carbons (Fsp3) is 0.679. The van der Waals surface area contributed by atoms with Gasteiger partial charge in [0.2, 0.25) is 0 Å². The molecule has 0 radical (unpaired) electrons. The topological polar surface area (TPSA) is 60.4 Å². The molecule has 0 fully saturated rings. The molecule has 0 aliphatic rings. The molecule has 0 aromatic heterocycles. The Balaban J connectivity index is 0.000000677. The van der Waals surface area contributed by atoms with Gasteiger partial charge in [0.15, 0.2) is 0 Å². The summed E-state index contributed by atoms with van der Waals surface area (Å²) in [7, 11) is 6.88. The summed E-state index contributed by atoms with van der Waals surface area (Å²) in [5.41, 5.74) is 0.460. The van der Waals surface area contributed by atoms with Crippen LogP contribution in [-0.2, 0) is 4.79 Å². The number of phenols is 1. The van der Waals surface area contributed by atoms with Gasteiger partial charge in [0.25, 0.3) is 0 Å². The SMILES string of the molecule is CCCCCCCCCCCCCCCC[N+](C)(C)C.O=C([O-])C=Cc1ccccc1O. The van der Waals surface area contributed by atoms with Gasteiger partial charge in [-0.3, -0.25) is 0 Å². The third kappa shape index (κ3) is 21.4. The monoisotopic (exact) mass is 447 g/mol. The van der Waals surface area contributed by atoms with Crippen LogP contribution in [0.1, 0.15) is 102 Å². The lowest BCUT2D eigenvalue weighted by atomic mass is 10.0. The van der Waals surface area contributed by atoms with Crippen LogP contribution in [0.4, 0.5) is 0 Å². The second kappa shape index (κ2) is 19.8. The van der Waals surface area contributed by atoms with Crippen molar-refractivity contribution in [2.24, 2.45) is 0 Å². The van der Waals surface area contributed by atoms with Crippen LogP contribution in [0, 0.1) is 0 Å². The maximum Gasteiger partial charge on any atom is 0.122 e. The first-order chi connectivity index (χ1) is 15.3. The molecule has 1 N–H and O–H groups in total. The quantitative estimate of drug-likeness (QED) is 0.172. The highest BCUT2D eigenvalue weighted by Gasteiger charge is 2.04. The summed E-state index contributed by atoms with van der Waals surface area (Å²) in [4.78, 5) is 10.0. The van der Waals surface area contributed by atoms with E-state index in [1.54, 1.807) is 18.2 Å². The Bertz CT molecular complexity index is 605. The van der Waals surface area contributed by atoms with Crippen molar-refractivity contribution in [3.63, 3.8) is 0 Å². The Morgan fingerprint density at radius 3 is 1.66 bits per heavy atom. The molecule has 0 aliphatic heterocycles. The number of carboxylic acid groups (broad SMARTS) is 1. The highest BCUT2D eigenvalue weighted by atomic mass is 16.4. The summed E-state index contributed by atoms with van der Waals surface area (Å²) in [6.45, 7) is 3.63. The van der Waals surface area contributed by atoms with Crippen LogP contribution in [-0.4, -0.2) is 43.2 Å². The number of nitrogens with zero attached hydrogens (tertiary/aromatic N) is 1. The van der Waals surface area contributed by atoms with Crippen LogP contribution in [0.3, 0.4) is 0 Å². The molecule has 0 aliphatic carbocycles. The van der Waals surface area contributed by atoms with Crippen LogP contribution in [0.2, 0.25) is 0 Å². The molecule has 32 heavy (non-hydrogen) atoms. The van der Waals surface area contributed by atoms with Gasteiger partial charge in [-0.2, -0.15) is 0 Å². The predicted octanol–water partition coefficient (Wildman–Crippen LogP) is 6.33. The zero-order valence-electron chi connectivity index (χ0n) is 21.3. The molecule has 0 atom stereocenters. The lowest BCUT2D eigenvalue weighted by Crippen LogP contribution is -2.35. The molecule has 0 spiro atoms. The summed E-state index contributed by atoms with van der Waals surface area (Å²) in [6.07, 6.45) is 22.5. The Hall–Kier alpha value is -1.81. The van der Waals surface area contributed by atoms with Gasteiger partial charge in [-0.15, -0.1) is 0 Å². The smallest absolute Gasteiger partial charge is 0.122 e. The van der Waals surface area contributed by atoms with Crippen molar-refractivity contribution in [1.82, 2.24) is 0 Å². The van der Waals surface area contributed by atoms with E-state index in [1.165, 1.54) is 109 Å². The molecule has 1 aromatic carbocycles. The number of carbonyl (C=O) groups is 1. The number of benzene rings is 1. The zero-order chi connectivity index (χ0) is 24.1.